The summed E-state index contributed by atoms with van der Waals surface area (Å²) in [5.41, 5.74) is 0. The van der Waals surface area contributed by atoms with Crippen LogP contribution in [0.25, 0.3) is 0 Å². The van der Waals surface area contributed by atoms with Crippen LogP contribution < -0.4 is 0 Å². The van der Waals surface area contributed by atoms with Crippen LogP contribution in [0, 0.1) is 0 Å². The van der Waals surface area contributed by atoms with Crippen molar-refractivity contribution >= 4 is 33.2 Å². The van der Waals surface area contributed by atoms with Gasteiger partial charge >= 0.3 is 0 Å². The molecule has 1 aliphatic rings. The Hall–Kier alpha value is -0.430. The lowest BCUT2D eigenvalue weighted by Crippen LogP contribution is -2.51. The van der Waals surface area contributed by atoms with E-state index in [1.165, 1.54) is 11.3 Å². The molecule has 4 nitrogen and oxygen atoms in total. The highest BCUT2D eigenvalue weighted by molar-refractivity contribution is 9.11. The normalized spacial score (nSPS) is 25.0. The number of amides is 1. The van der Waals surface area contributed by atoms with Gasteiger partial charge in [0, 0.05) is 6.54 Å². The van der Waals surface area contributed by atoms with Gasteiger partial charge in [-0.3, -0.25) is 4.79 Å². The lowest BCUT2D eigenvalue weighted by Gasteiger charge is -2.37. The van der Waals surface area contributed by atoms with Gasteiger partial charge in [0.2, 0.25) is 0 Å². The largest absolute Gasteiger partial charge is 0.394 e. The van der Waals surface area contributed by atoms with Crippen LogP contribution in [0.5, 0.6) is 0 Å². The van der Waals surface area contributed by atoms with E-state index in [2.05, 4.69) is 15.9 Å². The first-order chi connectivity index (χ1) is 8.11. The van der Waals surface area contributed by atoms with Gasteiger partial charge < -0.3 is 14.7 Å². The molecule has 6 heteroatoms. The monoisotopic (exact) mass is 319 g/mol. The third-order valence-corrected chi connectivity index (χ3v) is 4.37. The van der Waals surface area contributed by atoms with Crippen LogP contribution in [-0.4, -0.2) is 47.8 Å². The highest BCUT2D eigenvalue weighted by Crippen LogP contribution is 2.25. The zero-order valence-electron chi connectivity index (χ0n) is 9.43. The average Bonchev–Trinajstić information content (AvgIpc) is 2.76. The molecular weight excluding hydrogens is 306 g/mol. The first kappa shape index (κ1) is 13.0. The van der Waals surface area contributed by atoms with Crippen molar-refractivity contribution in [2.24, 2.45) is 0 Å². The van der Waals surface area contributed by atoms with Crippen molar-refractivity contribution in [2.45, 2.75) is 19.1 Å². The molecule has 1 amide bonds. The Labute approximate surface area is 112 Å². The molecule has 0 bridgehead atoms. The molecule has 0 radical (unpaired) electrons. The van der Waals surface area contributed by atoms with Gasteiger partial charge in [-0.15, -0.1) is 11.3 Å². The van der Waals surface area contributed by atoms with Crippen LogP contribution in [0.2, 0.25) is 0 Å². The van der Waals surface area contributed by atoms with Crippen LogP contribution in [0.1, 0.15) is 16.6 Å². The fourth-order valence-corrected chi connectivity index (χ4v) is 3.12. The molecular formula is C11H14BrNO3S. The van der Waals surface area contributed by atoms with E-state index in [1.807, 2.05) is 19.1 Å². The summed E-state index contributed by atoms with van der Waals surface area (Å²) in [7, 11) is 0. The summed E-state index contributed by atoms with van der Waals surface area (Å²) in [6.45, 7) is 2.83. The van der Waals surface area contributed by atoms with Gasteiger partial charge in [0.15, 0.2) is 0 Å². The van der Waals surface area contributed by atoms with E-state index in [9.17, 15) is 4.79 Å². The van der Waals surface area contributed by atoms with E-state index in [0.29, 0.717) is 18.0 Å². The molecule has 1 aromatic rings. The summed E-state index contributed by atoms with van der Waals surface area (Å²) in [5.74, 6) is 0.00921. The predicted octanol–water partition coefficient (Wildman–Crippen LogP) is 1.73. The van der Waals surface area contributed by atoms with E-state index in [0.717, 1.165) is 3.79 Å². The Morgan fingerprint density at radius 2 is 2.47 bits per heavy atom. The summed E-state index contributed by atoms with van der Waals surface area (Å²) in [6, 6.07) is 3.73. The molecule has 2 atom stereocenters. The molecule has 2 heterocycles. The van der Waals surface area contributed by atoms with E-state index < -0.39 is 0 Å². The number of aliphatic hydroxyl groups excluding tert-OH is 1. The van der Waals surface area contributed by atoms with Crippen LogP contribution in [0.4, 0.5) is 0 Å². The van der Waals surface area contributed by atoms with E-state index >= 15 is 0 Å². The van der Waals surface area contributed by atoms with Gasteiger partial charge in [-0.25, -0.2) is 0 Å². The molecule has 1 N–H and O–H groups in total. The van der Waals surface area contributed by atoms with E-state index in [-0.39, 0.29) is 24.7 Å². The molecule has 0 spiro atoms. The van der Waals surface area contributed by atoms with Gasteiger partial charge in [-0.2, -0.15) is 0 Å². The molecule has 1 saturated heterocycles. The Bertz CT molecular complexity index is 409. The number of rotatable bonds is 2. The Kier molecular flexibility index (Phi) is 4.19. The van der Waals surface area contributed by atoms with Crippen LogP contribution >= 0.6 is 27.3 Å². The molecule has 0 aliphatic carbocycles. The molecule has 1 fully saturated rings. The second-order valence-electron chi connectivity index (χ2n) is 4.05. The molecule has 0 saturated carbocycles. The van der Waals surface area contributed by atoms with Crippen molar-refractivity contribution in [3.63, 3.8) is 0 Å². The van der Waals surface area contributed by atoms with Crippen molar-refractivity contribution in [2.75, 3.05) is 19.8 Å². The fourth-order valence-electron chi connectivity index (χ4n) is 1.78. The number of nitrogens with zero attached hydrogens (tertiary/aromatic N) is 1. The summed E-state index contributed by atoms with van der Waals surface area (Å²) >= 11 is 4.77. The second kappa shape index (κ2) is 5.48. The predicted molar refractivity (Wildman–Crippen MR) is 69.3 cm³/mol. The van der Waals surface area contributed by atoms with Crippen LogP contribution in [0.15, 0.2) is 15.9 Å². The third kappa shape index (κ3) is 2.88. The van der Waals surface area contributed by atoms with Crippen molar-refractivity contribution < 1.29 is 14.6 Å². The number of carbonyl (C=O) groups is 1. The van der Waals surface area contributed by atoms with Crippen LogP contribution in [0.3, 0.4) is 0 Å². The minimum atomic E-state index is -0.265. The maximum Gasteiger partial charge on any atom is 0.264 e. The molecule has 1 aromatic heterocycles. The number of hydrogen-bond donors (Lipinski definition) is 1. The number of morpholine rings is 1. The number of hydrogen-bond acceptors (Lipinski definition) is 4. The highest BCUT2D eigenvalue weighted by Gasteiger charge is 2.30. The quantitative estimate of drug-likeness (QED) is 0.903. The van der Waals surface area contributed by atoms with Crippen LogP contribution in [-0.2, 0) is 4.74 Å². The molecule has 2 rings (SSSR count). The summed E-state index contributed by atoms with van der Waals surface area (Å²) < 4.78 is 6.36. The summed E-state index contributed by atoms with van der Waals surface area (Å²) in [6.07, 6.45) is -0.265. The Balaban J connectivity index is 2.12. The third-order valence-electron chi connectivity index (χ3n) is 2.75. The number of halogens is 1. The van der Waals surface area contributed by atoms with Crippen molar-refractivity contribution in [1.29, 1.82) is 0 Å². The number of carbonyl (C=O) groups excluding carboxylic acids is 1. The summed E-state index contributed by atoms with van der Waals surface area (Å²) in [5, 5.41) is 9.08. The smallest absolute Gasteiger partial charge is 0.264 e. The van der Waals surface area contributed by atoms with Gasteiger partial charge in [0.1, 0.15) is 0 Å². The molecule has 94 valence electrons. The first-order valence-corrected chi connectivity index (χ1v) is 7.01. The first-order valence-electron chi connectivity index (χ1n) is 5.40. The van der Waals surface area contributed by atoms with Crippen molar-refractivity contribution in [3.05, 3.63) is 20.8 Å². The molecule has 2 unspecified atom stereocenters. The Morgan fingerprint density at radius 3 is 3.06 bits per heavy atom. The number of thiophene rings is 1. The van der Waals surface area contributed by atoms with Crippen molar-refractivity contribution in [1.82, 2.24) is 4.90 Å². The second-order valence-corrected chi connectivity index (χ2v) is 6.51. The Morgan fingerprint density at radius 1 is 1.71 bits per heavy atom. The maximum atomic E-state index is 12.3. The standard InChI is InChI=1S/C11H14BrNO3S/c1-7-6-16-8(5-14)4-13(7)11(15)9-2-3-10(12)17-9/h2-3,7-8,14H,4-6H2,1H3. The SMILES string of the molecule is CC1COC(CO)CN1C(=O)c1ccc(Br)s1. The minimum absolute atomic E-state index is 0.00921. The van der Waals surface area contributed by atoms with Gasteiger partial charge in [0.05, 0.1) is 34.0 Å². The van der Waals surface area contributed by atoms with E-state index in [1.54, 1.807) is 4.90 Å². The minimum Gasteiger partial charge on any atom is -0.394 e. The van der Waals surface area contributed by atoms with Gasteiger partial charge in [0.25, 0.3) is 5.91 Å². The topological polar surface area (TPSA) is 49.8 Å². The van der Waals surface area contributed by atoms with E-state index in [4.69, 9.17) is 9.84 Å². The van der Waals surface area contributed by atoms with Gasteiger partial charge in [-0.05, 0) is 35.0 Å². The zero-order valence-corrected chi connectivity index (χ0v) is 11.8. The maximum absolute atomic E-state index is 12.3. The zero-order chi connectivity index (χ0) is 12.4. The highest BCUT2D eigenvalue weighted by atomic mass is 79.9. The number of aliphatic hydroxyl groups is 1. The fraction of sp³-hybridized carbons (Fsp3) is 0.545. The molecule has 1 aliphatic heterocycles. The molecule has 17 heavy (non-hydrogen) atoms. The lowest BCUT2D eigenvalue weighted by molar-refractivity contribution is -0.0666. The average molecular weight is 320 g/mol. The molecule has 0 aromatic carbocycles. The number of ether oxygens (including phenoxy) is 1. The van der Waals surface area contributed by atoms with Crippen molar-refractivity contribution in [3.8, 4) is 0 Å². The van der Waals surface area contributed by atoms with Gasteiger partial charge in [-0.1, -0.05) is 0 Å². The summed E-state index contributed by atoms with van der Waals surface area (Å²) in [4.78, 5) is 14.7. The lowest BCUT2D eigenvalue weighted by atomic mass is 10.2.